The van der Waals surface area contributed by atoms with Crippen molar-refractivity contribution in [2.45, 2.75) is 6.92 Å². The topological polar surface area (TPSA) is 89.7 Å². The van der Waals surface area contributed by atoms with Crippen LogP contribution in [0, 0.1) is 17.0 Å². The molecule has 0 aromatic heterocycles. The van der Waals surface area contributed by atoms with Gasteiger partial charge < -0.3 is 9.84 Å². The van der Waals surface area contributed by atoms with E-state index < -0.39 is 22.1 Å². The molecule has 1 N–H and O–H groups in total. The largest absolute Gasteiger partial charge is 0.477 e. The summed E-state index contributed by atoms with van der Waals surface area (Å²) in [5.74, 6) is -1.07. The van der Waals surface area contributed by atoms with Crippen molar-refractivity contribution < 1.29 is 19.6 Å². The summed E-state index contributed by atoms with van der Waals surface area (Å²) in [7, 11) is 0. The van der Waals surface area contributed by atoms with E-state index in [1.165, 1.54) is 18.2 Å². The van der Waals surface area contributed by atoms with Gasteiger partial charge in [0.2, 0.25) is 5.75 Å². The number of carboxylic acid groups (broad SMARTS) is 1. The fourth-order valence-corrected chi connectivity index (χ4v) is 2.11. The normalized spacial score (nSPS) is 10.2. The van der Waals surface area contributed by atoms with Gasteiger partial charge in [-0.1, -0.05) is 28.1 Å². The van der Waals surface area contributed by atoms with E-state index >= 15 is 0 Å². The predicted molar refractivity (Wildman–Crippen MR) is 79.0 cm³/mol. The lowest BCUT2D eigenvalue weighted by molar-refractivity contribution is -0.386. The average Bonchev–Trinajstić information content (AvgIpc) is 2.42. The van der Waals surface area contributed by atoms with Crippen molar-refractivity contribution in [3.05, 3.63) is 62.1 Å². The molecule has 6 nitrogen and oxygen atoms in total. The van der Waals surface area contributed by atoms with Crippen LogP contribution in [0.5, 0.6) is 11.5 Å². The van der Waals surface area contributed by atoms with Crippen molar-refractivity contribution in [2.24, 2.45) is 0 Å². The Morgan fingerprint density at radius 3 is 2.62 bits per heavy atom. The molecule has 2 aromatic carbocycles. The first-order valence-electron chi connectivity index (χ1n) is 5.85. The summed E-state index contributed by atoms with van der Waals surface area (Å²) in [5.41, 5.74) is -0.206. The molecule has 0 radical (unpaired) electrons. The number of nitro benzene ring substituents is 1. The molecule has 0 saturated heterocycles. The van der Waals surface area contributed by atoms with E-state index in [1.807, 2.05) is 6.07 Å². The van der Waals surface area contributed by atoms with E-state index in [1.54, 1.807) is 19.1 Å². The maximum absolute atomic E-state index is 11.1. The van der Waals surface area contributed by atoms with Crippen LogP contribution >= 0.6 is 15.9 Å². The summed E-state index contributed by atoms with van der Waals surface area (Å²) in [4.78, 5) is 21.5. The van der Waals surface area contributed by atoms with Gasteiger partial charge in [-0.25, -0.2) is 4.79 Å². The molecule has 0 amide bonds. The van der Waals surface area contributed by atoms with Gasteiger partial charge in [-0.15, -0.1) is 0 Å². The number of carboxylic acids is 1. The standard InChI is InChI=1S/C14H10BrNO5/c1-8-5-6-9(15)7-12(8)21-11-4-2-3-10(14(17)18)13(11)16(19)20/h2-7H,1H3,(H,17,18). The third-order valence-electron chi connectivity index (χ3n) is 2.78. The molecule has 7 heteroatoms. The summed E-state index contributed by atoms with van der Waals surface area (Å²) in [6.07, 6.45) is 0. The van der Waals surface area contributed by atoms with Gasteiger partial charge in [0.25, 0.3) is 0 Å². The number of nitro groups is 1. The highest BCUT2D eigenvalue weighted by atomic mass is 79.9. The molecule has 0 aliphatic carbocycles. The molecular weight excluding hydrogens is 342 g/mol. The number of benzene rings is 2. The number of rotatable bonds is 4. The lowest BCUT2D eigenvalue weighted by atomic mass is 10.1. The van der Waals surface area contributed by atoms with E-state index in [-0.39, 0.29) is 5.75 Å². The first-order valence-corrected chi connectivity index (χ1v) is 6.64. The van der Waals surface area contributed by atoms with Gasteiger partial charge in [0.15, 0.2) is 0 Å². The van der Waals surface area contributed by atoms with Gasteiger partial charge in [0.05, 0.1) is 4.92 Å². The molecule has 0 heterocycles. The number of halogens is 1. The quantitative estimate of drug-likeness (QED) is 0.659. The molecule has 0 fully saturated rings. The van der Waals surface area contributed by atoms with Gasteiger partial charge in [-0.2, -0.15) is 0 Å². The SMILES string of the molecule is Cc1ccc(Br)cc1Oc1cccc(C(=O)O)c1[N+](=O)[O-]. The van der Waals surface area contributed by atoms with E-state index in [0.717, 1.165) is 10.0 Å². The second-order valence-electron chi connectivity index (χ2n) is 4.23. The lowest BCUT2D eigenvalue weighted by Crippen LogP contribution is -2.04. The second-order valence-corrected chi connectivity index (χ2v) is 5.14. The minimum absolute atomic E-state index is 0.110. The predicted octanol–water partition coefficient (Wildman–Crippen LogP) is 4.16. The van der Waals surface area contributed by atoms with Gasteiger partial charge in [-0.05, 0) is 36.8 Å². The summed E-state index contributed by atoms with van der Waals surface area (Å²) >= 11 is 3.29. The lowest BCUT2D eigenvalue weighted by Gasteiger charge is -2.10. The Hall–Kier alpha value is -2.41. The molecule has 0 unspecified atom stereocenters. The van der Waals surface area contributed by atoms with Crippen LogP contribution in [-0.4, -0.2) is 16.0 Å². The Kier molecular flexibility index (Phi) is 4.23. The molecule has 0 aliphatic heterocycles. The Labute approximate surface area is 128 Å². The van der Waals surface area contributed by atoms with E-state index in [2.05, 4.69) is 15.9 Å². The zero-order chi connectivity index (χ0) is 15.6. The van der Waals surface area contributed by atoms with E-state index in [0.29, 0.717) is 5.75 Å². The molecule has 0 bridgehead atoms. The van der Waals surface area contributed by atoms with Gasteiger partial charge in [0.1, 0.15) is 11.3 Å². The number of hydrogen-bond donors (Lipinski definition) is 1. The van der Waals surface area contributed by atoms with Gasteiger partial charge >= 0.3 is 11.7 Å². The fraction of sp³-hybridized carbons (Fsp3) is 0.0714. The van der Waals surface area contributed by atoms with Crippen LogP contribution in [0.2, 0.25) is 0 Å². The van der Waals surface area contributed by atoms with Gasteiger partial charge in [-0.3, -0.25) is 10.1 Å². The monoisotopic (exact) mass is 351 g/mol. The summed E-state index contributed by atoms with van der Waals surface area (Å²) in [6.45, 7) is 1.79. The number of ether oxygens (including phenoxy) is 1. The molecule has 2 aromatic rings. The van der Waals surface area contributed by atoms with Crippen molar-refractivity contribution in [1.82, 2.24) is 0 Å². The van der Waals surface area contributed by atoms with Crippen LogP contribution < -0.4 is 4.74 Å². The molecule has 0 saturated carbocycles. The minimum Gasteiger partial charge on any atom is -0.477 e. The van der Waals surface area contributed by atoms with Crippen LogP contribution in [-0.2, 0) is 0 Å². The number of hydrogen-bond acceptors (Lipinski definition) is 4. The molecule has 108 valence electrons. The Balaban J connectivity index is 2.54. The highest BCUT2D eigenvalue weighted by Crippen LogP contribution is 2.36. The molecular formula is C14H10BrNO5. The van der Waals surface area contributed by atoms with Crippen molar-refractivity contribution in [1.29, 1.82) is 0 Å². The Bertz CT molecular complexity index is 729. The number of aromatic carboxylic acids is 1. The van der Waals surface area contributed by atoms with Crippen LogP contribution in [0.15, 0.2) is 40.9 Å². The molecule has 0 aliphatic rings. The van der Waals surface area contributed by atoms with E-state index in [9.17, 15) is 14.9 Å². The molecule has 0 atom stereocenters. The van der Waals surface area contributed by atoms with Crippen molar-refractivity contribution in [3.8, 4) is 11.5 Å². The van der Waals surface area contributed by atoms with E-state index in [4.69, 9.17) is 9.84 Å². The maximum atomic E-state index is 11.1. The average molecular weight is 352 g/mol. The van der Waals surface area contributed by atoms with Gasteiger partial charge in [0, 0.05) is 4.47 Å². The van der Waals surface area contributed by atoms with Crippen LogP contribution in [0.25, 0.3) is 0 Å². The molecule has 21 heavy (non-hydrogen) atoms. The number of nitrogens with zero attached hydrogens (tertiary/aromatic N) is 1. The smallest absolute Gasteiger partial charge is 0.342 e. The zero-order valence-corrected chi connectivity index (χ0v) is 12.5. The Morgan fingerprint density at radius 2 is 2.00 bits per heavy atom. The molecule has 0 spiro atoms. The first-order chi connectivity index (χ1) is 9.90. The summed E-state index contributed by atoms with van der Waals surface area (Å²) in [5, 5.41) is 20.2. The van der Waals surface area contributed by atoms with Crippen LogP contribution in [0.3, 0.4) is 0 Å². The number of aryl methyl sites for hydroxylation is 1. The maximum Gasteiger partial charge on any atom is 0.342 e. The third-order valence-corrected chi connectivity index (χ3v) is 3.28. The summed E-state index contributed by atoms with van der Waals surface area (Å²) in [6, 6.07) is 9.19. The first kappa shape index (κ1) is 15.0. The van der Waals surface area contributed by atoms with Crippen molar-refractivity contribution in [2.75, 3.05) is 0 Å². The number of carbonyl (C=O) groups is 1. The van der Waals surface area contributed by atoms with Crippen LogP contribution in [0.4, 0.5) is 5.69 Å². The third kappa shape index (κ3) is 3.19. The van der Waals surface area contributed by atoms with Crippen molar-refractivity contribution >= 4 is 27.6 Å². The minimum atomic E-state index is -1.38. The van der Waals surface area contributed by atoms with Crippen molar-refractivity contribution in [3.63, 3.8) is 0 Å². The highest BCUT2D eigenvalue weighted by Gasteiger charge is 2.26. The summed E-state index contributed by atoms with van der Waals surface area (Å²) < 4.78 is 6.29. The molecule has 2 rings (SSSR count). The second kappa shape index (κ2) is 5.92. The zero-order valence-electron chi connectivity index (χ0n) is 10.9. The highest BCUT2D eigenvalue weighted by molar-refractivity contribution is 9.10. The number of para-hydroxylation sites is 1. The van der Waals surface area contributed by atoms with Crippen LogP contribution in [0.1, 0.15) is 15.9 Å². The fourth-order valence-electron chi connectivity index (χ4n) is 1.77. The Morgan fingerprint density at radius 1 is 1.29 bits per heavy atom.